The van der Waals surface area contributed by atoms with E-state index in [0.29, 0.717) is 11.7 Å². The number of rotatable bonds is 2. The lowest BCUT2D eigenvalue weighted by Gasteiger charge is -2.19. The molecule has 1 heterocycles. The second kappa shape index (κ2) is 3.00. The van der Waals surface area contributed by atoms with Gasteiger partial charge < -0.3 is 5.32 Å². The highest BCUT2D eigenvalue weighted by molar-refractivity contribution is 7.80. The molecule has 3 nitrogen and oxygen atoms in total. The average molecular weight is 170 g/mol. The molecule has 0 aromatic heterocycles. The number of amides is 1. The lowest BCUT2D eigenvalue weighted by atomic mass is 10.3. The summed E-state index contributed by atoms with van der Waals surface area (Å²) in [6, 6.07) is -0.00926. The van der Waals surface area contributed by atoms with Crippen molar-refractivity contribution in [1.82, 2.24) is 10.2 Å². The highest BCUT2D eigenvalue weighted by Gasteiger charge is 2.27. The number of hydrogen-bond donors (Lipinski definition) is 1. The Labute approximate surface area is 71.1 Å². The molecule has 60 valence electrons. The normalized spacial score (nSPS) is 19.9. The van der Waals surface area contributed by atoms with Crippen LogP contribution in [0.15, 0.2) is 12.7 Å². The first kappa shape index (κ1) is 8.20. The minimum atomic E-state index is -0.00926. The van der Waals surface area contributed by atoms with Crippen LogP contribution in [-0.2, 0) is 4.79 Å². The topological polar surface area (TPSA) is 32.3 Å². The highest BCUT2D eigenvalue weighted by Crippen LogP contribution is 2.05. The van der Waals surface area contributed by atoms with Gasteiger partial charge in [-0.15, -0.1) is 6.58 Å². The van der Waals surface area contributed by atoms with Gasteiger partial charge in [-0.1, -0.05) is 6.08 Å². The minimum absolute atomic E-state index is 0.00926. The molecule has 1 saturated heterocycles. The Morgan fingerprint density at radius 1 is 1.91 bits per heavy atom. The zero-order valence-corrected chi connectivity index (χ0v) is 7.15. The van der Waals surface area contributed by atoms with Crippen LogP contribution in [0.3, 0.4) is 0 Å². The van der Waals surface area contributed by atoms with Crippen LogP contribution in [0, 0.1) is 0 Å². The van der Waals surface area contributed by atoms with Crippen molar-refractivity contribution in [1.29, 1.82) is 0 Å². The third-order valence-electron chi connectivity index (χ3n) is 1.63. The van der Waals surface area contributed by atoms with Crippen LogP contribution >= 0.6 is 12.2 Å². The number of carbonyl (C=O) groups excluding carboxylic acids is 1. The van der Waals surface area contributed by atoms with E-state index in [0.717, 1.165) is 0 Å². The molecule has 1 fully saturated rings. The summed E-state index contributed by atoms with van der Waals surface area (Å²) in [7, 11) is 0. The molecular formula is C7H10N2OS. The zero-order valence-electron chi connectivity index (χ0n) is 6.33. The fourth-order valence-corrected chi connectivity index (χ4v) is 1.29. The van der Waals surface area contributed by atoms with Gasteiger partial charge in [0.15, 0.2) is 5.11 Å². The van der Waals surface area contributed by atoms with E-state index in [1.54, 1.807) is 6.08 Å². The van der Waals surface area contributed by atoms with Gasteiger partial charge in [0.05, 0.1) is 12.6 Å². The Morgan fingerprint density at radius 3 is 2.91 bits per heavy atom. The van der Waals surface area contributed by atoms with E-state index in [1.165, 1.54) is 4.90 Å². The van der Waals surface area contributed by atoms with Gasteiger partial charge in [0.1, 0.15) is 0 Å². The number of carbonyl (C=O) groups is 1. The van der Waals surface area contributed by atoms with Crippen molar-refractivity contribution in [2.45, 2.75) is 13.0 Å². The largest absolute Gasteiger partial charge is 0.353 e. The molecule has 1 atom stereocenters. The first-order valence-corrected chi connectivity index (χ1v) is 3.80. The third kappa shape index (κ3) is 1.40. The first-order chi connectivity index (χ1) is 5.16. The smallest absolute Gasteiger partial charge is 0.248 e. The summed E-state index contributed by atoms with van der Waals surface area (Å²) >= 11 is 4.91. The molecule has 0 saturated carbocycles. The molecule has 4 heteroatoms. The molecule has 1 rings (SSSR count). The zero-order chi connectivity index (χ0) is 8.43. The van der Waals surface area contributed by atoms with Crippen LogP contribution in [0.2, 0.25) is 0 Å². The minimum Gasteiger partial charge on any atom is -0.353 e. The van der Waals surface area contributed by atoms with E-state index in [-0.39, 0.29) is 11.9 Å². The number of thiocarbonyl (C=S) groups is 1. The lowest BCUT2D eigenvalue weighted by molar-refractivity contribution is -0.125. The number of nitrogens with zero attached hydrogens (tertiary/aromatic N) is 1. The fourth-order valence-electron chi connectivity index (χ4n) is 0.952. The van der Waals surface area contributed by atoms with Crippen molar-refractivity contribution in [3.05, 3.63) is 12.7 Å². The maximum absolute atomic E-state index is 11.1. The molecule has 1 aliphatic rings. The van der Waals surface area contributed by atoms with Crippen LogP contribution in [0.4, 0.5) is 0 Å². The van der Waals surface area contributed by atoms with Gasteiger partial charge in [-0.05, 0) is 19.1 Å². The molecule has 11 heavy (non-hydrogen) atoms. The van der Waals surface area contributed by atoms with Gasteiger partial charge in [-0.2, -0.15) is 0 Å². The van der Waals surface area contributed by atoms with Crippen LogP contribution < -0.4 is 5.32 Å². The predicted octanol–water partition coefficient (Wildman–Crippen LogP) is 0.278. The van der Waals surface area contributed by atoms with Gasteiger partial charge in [0, 0.05) is 0 Å². The lowest BCUT2D eigenvalue weighted by Crippen LogP contribution is -2.37. The van der Waals surface area contributed by atoms with Gasteiger partial charge in [-0.25, -0.2) is 0 Å². The predicted molar refractivity (Wildman–Crippen MR) is 47.1 cm³/mol. The SMILES string of the molecule is C=CC(C)N1C(=O)CNC1=S. The van der Waals surface area contributed by atoms with Crippen LogP contribution in [0.1, 0.15) is 6.92 Å². The van der Waals surface area contributed by atoms with E-state index in [9.17, 15) is 4.79 Å². The van der Waals surface area contributed by atoms with Crippen molar-refractivity contribution in [3.63, 3.8) is 0 Å². The van der Waals surface area contributed by atoms with Crippen molar-refractivity contribution in [3.8, 4) is 0 Å². The first-order valence-electron chi connectivity index (χ1n) is 3.39. The monoisotopic (exact) mass is 170 g/mol. The molecule has 0 radical (unpaired) electrons. The number of hydrogen-bond acceptors (Lipinski definition) is 2. The van der Waals surface area contributed by atoms with E-state index < -0.39 is 0 Å². The summed E-state index contributed by atoms with van der Waals surface area (Å²) in [4.78, 5) is 12.6. The highest BCUT2D eigenvalue weighted by atomic mass is 32.1. The molecule has 0 aromatic carbocycles. The maximum atomic E-state index is 11.1. The third-order valence-corrected chi connectivity index (χ3v) is 1.97. The van der Waals surface area contributed by atoms with Crippen molar-refractivity contribution < 1.29 is 4.79 Å². The van der Waals surface area contributed by atoms with Gasteiger partial charge in [0.2, 0.25) is 5.91 Å². The molecule has 1 amide bonds. The van der Waals surface area contributed by atoms with E-state index in [4.69, 9.17) is 12.2 Å². The summed E-state index contributed by atoms with van der Waals surface area (Å²) < 4.78 is 0. The molecular weight excluding hydrogens is 160 g/mol. The summed E-state index contributed by atoms with van der Waals surface area (Å²) in [6.07, 6.45) is 1.69. The van der Waals surface area contributed by atoms with Crippen LogP contribution in [-0.4, -0.2) is 28.5 Å². The Hall–Kier alpha value is -0.900. The molecule has 0 bridgehead atoms. The van der Waals surface area contributed by atoms with Crippen LogP contribution in [0.5, 0.6) is 0 Å². The van der Waals surface area contributed by atoms with Gasteiger partial charge in [0.25, 0.3) is 0 Å². The molecule has 1 unspecified atom stereocenters. The molecule has 0 aromatic rings. The van der Waals surface area contributed by atoms with E-state index in [1.807, 2.05) is 6.92 Å². The summed E-state index contributed by atoms with van der Waals surface area (Å²) in [5.41, 5.74) is 0. The summed E-state index contributed by atoms with van der Waals surface area (Å²) in [5, 5.41) is 3.30. The van der Waals surface area contributed by atoms with E-state index >= 15 is 0 Å². The van der Waals surface area contributed by atoms with Crippen molar-refractivity contribution in [2.24, 2.45) is 0 Å². The molecule has 0 aliphatic carbocycles. The fraction of sp³-hybridized carbons (Fsp3) is 0.429. The van der Waals surface area contributed by atoms with Gasteiger partial charge >= 0.3 is 0 Å². The van der Waals surface area contributed by atoms with Crippen molar-refractivity contribution in [2.75, 3.05) is 6.54 Å². The Bertz CT molecular complexity index is 198. The van der Waals surface area contributed by atoms with Gasteiger partial charge in [-0.3, -0.25) is 9.69 Å². The van der Waals surface area contributed by atoms with E-state index in [2.05, 4.69) is 11.9 Å². The summed E-state index contributed by atoms with van der Waals surface area (Å²) in [6.45, 7) is 5.79. The van der Waals surface area contributed by atoms with Crippen LogP contribution in [0.25, 0.3) is 0 Å². The standard InChI is InChI=1S/C7H10N2OS/c1-3-5(2)9-6(10)4-8-7(9)11/h3,5H,1,4H2,2H3,(H,8,11). The molecule has 0 spiro atoms. The Kier molecular flexibility index (Phi) is 2.24. The quantitative estimate of drug-likeness (QED) is 0.477. The summed E-state index contributed by atoms with van der Waals surface area (Å²) in [5.74, 6) is 0.0161. The second-order valence-electron chi connectivity index (χ2n) is 2.40. The molecule has 1 N–H and O–H groups in total. The average Bonchev–Trinajstić information content (AvgIpc) is 2.30. The second-order valence-corrected chi connectivity index (χ2v) is 2.79. The van der Waals surface area contributed by atoms with Crippen molar-refractivity contribution >= 4 is 23.2 Å². The Morgan fingerprint density at radius 2 is 2.55 bits per heavy atom. The Balaban J connectivity index is 2.75. The molecule has 1 aliphatic heterocycles. The number of nitrogens with one attached hydrogen (secondary N) is 1. The maximum Gasteiger partial charge on any atom is 0.248 e.